The highest BCUT2D eigenvalue weighted by Crippen LogP contribution is 2.26. The lowest BCUT2D eigenvalue weighted by Gasteiger charge is -2.42. The normalized spacial score (nSPS) is 18.4. The number of aliphatic carboxylic acids is 1. The monoisotopic (exact) mass is 379 g/mol. The Labute approximate surface area is 157 Å². The number of hydrogen-bond donors (Lipinski definition) is 3. The van der Waals surface area contributed by atoms with E-state index in [1.165, 1.54) is 20.3 Å². The number of carboxylic acid groups (broad SMARTS) is 1. The number of ether oxygens (including phenoxy) is 2. The molecule has 0 unspecified atom stereocenters. The third-order valence-corrected chi connectivity index (χ3v) is 4.57. The largest absolute Gasteiger partial charge is 0.496 e. The van der Waals surface area contributed by atoms with E-state index < -0.39 is 11.9 Å². The van der Waals surface area contributed by atoms with Crippen molar-refractivity contribution in [2.75, 3.05) is 32.6 Å². The SMILES string of the molecule is CCN(CC(=O)O)C1CC(NC(=O)Nc2ccc(C(=O)OC)c(OC)c2)C1. The summed E-state index contributed by atoms with van der Waals surface area (Å²) in [6.07, 6.45) is 1.41. The van der Waals surface area contributed by atoms with Crippen LogP contribution in [0, 0.1) is 0 Å². The zero-order valence-corrected chi connectivity index (χ0v) is 15.7. The van der Waals surface area contributed by atoms with E-state index in [4.69, 9.17) is 9.84 Å². The standard InChI is InChI=1S/C18H25N3O6/c1-4-21(10-16(22)23)13-7-12(8-13)20-18(25)19-11-5-6-14(17(24)27-3)15(9-11)26-2/h5-6,9,12-13H,4,7-8,10H2,1-3H3,(H,22,23)(H2,19,20,25). The number of hydrogen-bond acceptors (Lipinski definition) is 6. The average Bonchev–Trinajstić information content (AvgIpc) is 2.61. The first-order valence-electron chi connectivity index (χ1n) is 8.67. The molecular weight excluding hydrogens is 354 g/mol. The number of methoxy groups -OCH3 is 2. The van der Waals surface area contributed by atoms with Crippen molar-refractivity contribution in [2.45, 2.75) is 31.8 Å². The number of carbonyl (C=O) groups excluding carboxylic acids is 2. The molecule has 9 heteroatoms. The number of amides is 2. The Bertz CT molecular complexity index is 702. The summed E-state index contributed by atoms with van der Waals surface area (Å²) in [5, 5.41) is 14.5. The summed E-state index contributed by atoms with van der Waals surface area (Å²) in [5.41, 5.74) is 0.750. The van der Waals surface area contributed by atoms with Gasteiger partial charge >= 0.3 is 18.0 Å². The molecule has 1 saturated carbocycles. The molecule has 0 aliphatic heterocycles. The van der Waals surface area contributed by atoms with E-state index in [9.17, 15) is 14.4 Å². The number of rotatable bonds is 8. The van der Waals surface area contributed by atoms with Crippen molar-refractivity contribution in [3.05, 3.63) is 23.8 Å². The predicted molar refractivity (Wildman–Crippen MR) is 98.2 cm³/mol. The lowest BCUT2D eigenvalue weighted by Crippen LogP contribution is -2.55. The Morgan fingerprint density at radius 3 is 2.52 bits per heavy atom. The summed E-state index contributed by atoms with van der Waals surface area (Å²) >= 11 is 0. The van der Waals surface area contributed by atoms with Gasteiger partial charge in [-0.2, -0.15) is 0 Å². The Kier molecular flexibility index (Phi) is 7.00. The third-order valence-electron chi connectivity index (χ3n) is 4.57. The summed E-state index contributed by atoms with van der Waals surface area (Å²) in [5.74, 6) is -1.07. The van der Waals surface area contributed by atoms with Crippen molar-refractivity contribution < 1.29 is 29.0 Å². The Hall–Kier alpha value is -2.81. The molecule has 0 aromatic heterocycles. The van der Waals surface area contributed by atoms with Gasteiger partial charge in [0.25, 0.3) is 0 Å². The molecule has 1 fully saturated rings. The number of benzene rings is 1. The van der Waals surface area contributed by atoms with Crippen LogP contribution in [0.1, 0.15) is 30.1 Å². The lowest BCUT2D eigenvalue weighted by atomic mass is 9.85. The molecule has 9 nitrogen and oxygen atoms in total. The highest BCUT2D eigenvalue weighted by molar-refractivity contribution is 5.95. The summed E-state index contributed by atoms with van der Waals surface area (Å²) in [6.45, 7) is 2.58. The molecule has 3 N–H and O–H groups in total. The van der Waals surface area contributed by atoms with Crippen LogP contribution < -0.4 is 15.4 Å². The van der Waals surface area contributed by atoms with Gasteiger partial charge in [-0.1, -0.05) is 6.92 Å². The van der Waals surface area contributed by atoms with Gasteiger partial charge in [-0.25, -0.2) is 9.59 Å². The van der Waals surface area contributed by atoms with Crippen molar-refractivity contribution in [1.29, 1.82) is 0 Å². The first-order valence-corrected chi connectivity index (χ1v) is 8.67. The first-order chi connectivity index (χ1) is 12.9. The molecule has 0 radical (unpaired) electrons. The van der Waals surface area contributed by atoms with Crippen molar-refractivity contribution in [3.8, 4) is 5.75 Å². The lowest BCUT2D eigenvalue weighted by molar-refractivity contribution is -0.139. The fourth-order valence-corrected chi connectivity index (χ4v) is 3.08. The van der Waals surface area contributed by atoms with E-state index in [2.05, 4.69) is 15.4 Å². The molecule has 2 amide bonds. The smallest absolute Gasteiger partial charge is 0.341 e. The van der Waals surface area contributed by atoms with Gasteiger partial charge in [0.1, 0.15) is 11.3 Å². The van der Waals surface area contributed by atoms with E-state index in [1.807, 2.05) is 11.8 Å². The van der Waals surface area contributed by atoms with Crippen LogP contribution in [0.2, 0.25) is 0 Å². The molecule has 27 heavy (non-hydrogen) atoms. The topological polar surface area (TPSA) is 117 Å². The van der Waals surface area contributed by atoms with Crippen molar-refractivity contribution in [1.82, 2.24) is 10.2 Å². The summed E-state index contributed by atoms with van der Waals surface area (Å²) in [6, 6.07) is 4.44. The Morgan fingerprint density at radius 1 is 1.26 bits per heavy atom. The Balaban J connectivity index is 1.86. The van der Waals surface area contributed by atoms with Gasteiger partial charge in [0.15, 0.2) is 0 Å². The second kappa shape index (κ2) is 9.22. The molecule has 1 aliphatic rings. The fourth-order valence-electron chi connectivity index (χ4n) is 3.08. The minimum Gasteiger partial charge on any atom is -0.496 e. The van der Waals surface area contributed by atoms with Gasteiger partial charge in [0.05, 0.1) is 20.8 Å². The van der Waals surface area contributed by atoms with Crippen LogP contribution in [0.5, 0.6) is 5.75 Å². The number of nitrogens with zero attached hydrogens (tertiary/aromatic N) is 1. The number of likely N-dealkylation sites (N-methyl/N-ethyl adjacent to an activating group) is 1. The molecular formula is C18H25N3O6. The van der Waals surface area contributed by atoms with E-state index in [0.29, 0.717) is 30.8 Å². The molecule has 148 valence electrons. The number of carbonyl (C=O) groups is 3. The molecule has 1 aromatic carbocycles. The number of carboxylic acids is 1. The second-order valence-electron chi connectivity index (χ2n) is 6.28. The van der Waals surface area contributed by atoms with Crippen molar-refractivity contribution in [2.24, 2.45) is 0 Å². The molecule has 2 rings (SSSR count). The maximum Gasteiger partial charge on any atom is 0.341 e. The highest BCUT2D eigenvalue weighted by Gasteiger charge is 2.34. The molecule has 0 saturated heterocycles. The van der Waals surface area contributed by atoms with Crippen LogP contribution in [0.25, 0.3) is 0 Å². The Morgan fingerprint density at radius 2 is 1.96 bits per heavy atom. The average molecular weight is 379 g/mol. The minimum absolute atomic E-state index is 0.00548. The first kappa shape index (κ1) is 20.5. The van der Waals surface area contributed by atoms with Crippen molar-refractivity contribution >= 4 is 23.7 Å². The van der Waals surface area contributed by atoms with E-state index in [0.717, 1.165) is 0 Å². The molecule has 0 atom stereocenters. The van der Waals surface area contributed by atoms with Gasteiger partial charge < -0.3 is 25.2 Å². The van der Waals surface area contributed by atoms with Crippen LogP contribution in [-0.4, -0.2) is 67.4 Å². The van der Waals surface area contributed by atoms with E-state index >= 15 is 0 Å². The quantitative estimate of drug-likeness (QED) is 0.587. The maximum absolute atomic E-state index is 12.2. The number of anilines is 1. The number of esters is 1. The zero-order chi connectivity index (χ0) is 20.0. The van der Waals surface area contributed by atoms with Gasteiger partial charge in [-0.3, -0.25) is 9.69 Å². The summed E-state index contributed by atoms with van der Waals surface area (Å²) in [7, 11) is 2.71. The molecule has 0 bridgehead atoms. The van der Waals surface area contributed by atoms with E-state index in [1.54, 1.807) is 12.1 Å². The second-order valence-corrected chi connectivity index (χ2v) is 6.28. The predicted octanol–water partition coefficient (Wildman–Crippen LogP) is 1.54. The van der Waals surface area contributed by atoms with Crippen LogP contribution in [0.4, 0.5) is 10.5 Å². The van der Waals surface area contributed by atoms with Crippen LogP contribution in [-0.2, 0) is 9.53 Å². The van der Waals surface area contributed by atoms with Gasteiger partial charge in [0.2, 0.25) is 0 Å². The summed E-state index contributed by atoms with van der Waals surface area (Å²) in [4.78, 5) is 36.5. The fraction of sp³-hybridized carbons (Fsp3) is 0.500. The minimum atomic E-state index is -0.852. The van der Waals surface area contributed by atoms with E-state index in [-0.39, 0.29) is 30.2 Å². The summed E-state index contributed by atoms with van der Waals surface area (Å²) < 4.78 is 9.84. The van der Waals surface area contributed by atoms with Gasteiger partial charge in [-0.15, -0.1) is 0 Å². The molecule has 1 aliphatic carbocycles. The van der Waals surface area contributed by atoms with Crippen LogP contribution in [0.3, 0.4) is 0 Å². The third kappa shape index (κ3) is 5.33. The van der Waals surface area contributed by atoms with Gasteiger partial charge in [0, 0.05) is 23.8 Å². The molecule has 0 heterocycles. The molecule has 0 spiro atoms. The highest BCUT2D eigenvalue weighted by atomic mass is 16.5. The number of nitrogens with one attached hydrogen (secondary N) is 2. The van der Waals surface area contributed by atoms with Gasteiger partial charge in [-0.05, 0) is 31.5 Å². The van der Waals surface area contributed by atoms with Crippen LogP contribution in [0.15, 0.2) is 18.2 Å². The van der Waals surface area contributed by atoms with Crippen LogP contribution >= 0.6 is 0 Å². The maximum atomic E-state index is 12.2. The number of urea groups is 1. The van der Waals surface area contributed by atoms with Crippen molar-refractivity contribution in [3.63, 3.8) is 0 Å². The molecule has 1 aromatic rings. The zero-order valence-electron chi connectivity index (χ0n) is 15.7.